The van der Waals surface area contributed by atoms with Crippen molar-refractivity contribution in [1.29, 1.82) is 0 Å². The average Bonchev–Trinajstić information content (AvgIpc) is 3.13. The number of fused-ring (bicyclic) bond motifs is 1. The first-order chi connectivity index (χ1) is 10.1. The normalized spacial score (nSPS) is 10.7. The molecule has 106 valence electrons. The summed E-state index contributed by atoms with van der Waals surface area (Å²) in [7, 11) is 0. The number of carbonyl (C=O) groups is 2. The molecule has 0 spiro atoms. The van der Waals surface area contributed by atoms with Crippen LogP contribution in [0.3, 0.4) is 0 Å². The number of rotatable bonds is 4. The lowest BCUT2D eigenvalue weighted by molar-refractivity contribution is 0.0951. The Labute approximate surface area is 129 Å². The van der Waals surface area contributed by atoms with Gasteiger partial charge in [-0.25, -0.2) is 4.98 Å². The fraction of sp³-hybridized carbons (Fsp3) is 0.133. The highest BCUT2D eigenvalue weighted by Gasteiger charge is 2.11. The van der Waals surface area contributed by atoms with Crippen molar-refractivity contribution >= 4 is 44.6 Å². The van der Waals surface area contributed by atoms with Gasteiger partial charge in [-0.2, -0.15) is 0 Å². The Morgan fingerprint density at radius 2 is 2.14 bits per heavy atom. The smallest absolute Gasteiger partial charge is 0.252 e. The zero-order chi connectivity index (χ0) is 14.8. The third-order valence-electron chi connectivity index (χ3n) is 3.09. The number of thiophene rings is 1. The summed E-state index contributed by atoms with van der Waals surface area (Å²) in [4.78, 5) is 28.2. The second-order valence-corrected chi connectivity index (χ2v) is 6.32. The van der Waals surface area contributed by atoms with Crippen molar-refractivity contribution in [1.82, 2.24) is 10.3 Å². The standard InChI is InChI=1S/C15H12N2O2S2/c1-9(18)13-5-11(7-20-13)15(19)16-6-10-3-2-4-12-14(10)21-8-17-12/h2-5,7-8H,6H2,1H3,(H,16,19). The zero-order valence-corrected chi connectivity index (χ0v) is 12.9. The first-order valence-corrected chi connectivity index (χ1v) is 8.10. The molecule has 2 aromatic heterocycles. The number of benzene rings is 1. The molecule has 1 N–H and O–H groups in total. The molecule has 0 atom stereocenters. The highest BCUT2D eigenvalue weighted by Crippen LogP contribution is 2.22. The van der Waals surface area contributed by atoms with Crippen LogP contribution in [0.4, 0.5) is 0 Å². The number of hydrogen-bond donors (Lipinski definition) is 1. The quantitative estimate of drug-likeness (QED) is 0.750. The van der Waals surface area contributed by atoms with Crippen molar-refractivity contribution in [2.75, 3.05) is 0 Å². The van der Waals surface area contributed by atoms with Crippen molar-refractivity contribution in [3.8, 4) is 0 Å². The van der Waals surface area contributed by atoms with Gasteiger partial charge in [0.15, 0.2) is 5.78 Å². The van der Waals surface area contributed by atoms with E-state index >= 15 is 0 Å². The predicted molar refractivity (Wildman–Crippen MR) is 85.1 cm³/mol. The van der Waals surface area contributed by atoms with Gasteiger partial charge in [0.1, 0.15) is 0 Å². The SMILES string of the molecule is CC(=O)c1cc(C(=O)NCc2cccc3ncsc23)cs1. The van der Waals surface area contributed by atoms with Crippen molar-refractivity contribution in [3.05, 3.63) is 51.2 Å². The van der Waals surface area contributed by atoms with E-state index in [4.69, 9.17) is 0 Å². The molecule has 6 heteroatoms. The monoisotopic (exact) mass is 316 g/mol. The molecule has 0 bridgehead atoms. The number of nitrogens with one attached hydrogen (secondary N) is 1. The summed E-state index contributed by atoms with van der Waals surface area (Å²) in [5, 5.41) is 4.59. The molecular weight excluding hydrogens is 304 g/mol. The number of ketones is 1. The van der Waals surface area contributed by atoms with E-state index in [0.29, 0.717) is 17.0 Å². The Morgan fingerprint density at radius 3 is 2.90 bits per heavy atom. The van der Waals surface area contributed by atoms with Crippen LogP contribution < -0.4 is 5.32 Å². The van der Waals surface area contributed by atoms with Crippen LogP contribution in [0.5, 0.6) is 0 Å². The second kappa shape index (κ2) is 5.75. The molecule has 3 aromatic rings. The highest BCUT2D eigenvalue weighted by atomic mass is 32.1. The van der Waals surface area contributed by atoms with Crippen molar-refractivity contribution in [2.24, 2.45) is 0 Å². The Bertz CT molecular complexity index is 820. The first kappa shape index (κ1) is 13.9. The molecule has 0 saturated heterocycles. The van der Waals surface area contributed by atoms with Crippen molar-refractivity contribution < 1.29 is 9.59 Å². The first-order valence-electron chi connectivity index (χ1n) is 6.34. The van der Waals surface area contributed by atoms with Crippen LogP contribution in [0.2, 0.25) is 0 Å². The fourth-order valence-electron chi connectivity index (χ4n) is 2.00. The van der Waals surface area contributed by atoms with E-state index in [0.717, 1.165) is 15.8 Å². The summed E-state index contributed by atoms with van der Waals surface area (Å²) in [6.45, 7) is 1.95. The van der Waals surface area contributed by atoms with E-state index in [2.05, 4.69) is 10.3 Å². The molecular formula is C15H12N2O2S2. The van der Waals surface area contributed by atoms with Gasteiger partial charge >= 0.3 is 0 Å². The summed E-state index contributed by atoms with van der Waals surface area (Å²) < 4.78 is 1.09. The summed E-state index contributed by atoms with van der Waals surface area (Å²) in [6, 6.07) is 7.50. The fourth-order valence-corrected chi connectivity index (χ4v) is 3.60. The topological polar surface area (TPSA) is 59.1 Å². The van der Waals surface area contributed by atoms with E-state index in [1.807, 2.05) is 18.2 Å². The van der Waals surface area contributed by atoms with E-state index < -0.39 is 0 Å². The Hall–Kier alpha value is -2.05. The maximum absolute atomic E-state index is 12.1. The predicted octanol–water partition coefficient (Wildman–Crippen LogP) is 3.49. The lowest BCUT2D eigenvalue weighted by atomic mass is 10.2. The summed E-state index contributed by atoms with van der Waals surface area (Å²) in [6.07, 6.45) is 0. The number of thiazole rings is 1. The maximum Gasteiger partial charge on any atom is 0.252 e. The van der Waals surface area contributed by atoms with Gasteiger partial charge in [0.2, 0.25) is 0 Å². The number of amides is 1. The number of hydrogen-bond acceptors (Lipinski definition) is 5. The Morgan fingerprint density at radius 1 is 1.29 bits per heavy atom. The highest BCUT2D eigenvalue weighted by molar-refractivity contribution is 7.17. The molecule has 0 aliphatic rings. The number of aromatic nitrogens is 1. The molecule has 3 rings (SSSR count). The van der Waals surface area contributed by atoms with E-state index in [1.54, 1.807) is 28.3 Å². The molecule has 0 unspecified atom stereocenters. The molecule has 1 aromatic carbocycles. The lowest BCUT2D eigenvalue weighted by Crippen LogP contribution is -2.22. The molecule has 1 amide bonds. The van der Waals surface area contributed by atoms with Gasteiger partial charge in [-0.1, -0.05) is 12.1 Å². The third-order valence-corrected chi connectivity index (χ3v) is 5.04. The van der Waals surface area contributed by atoms with Crippen LogP contribution in [0.25, 0.3) is 10.2 Å². The number of Topliss-reactive ketones (excluding diaryl/α,β-unsaturated/α-hetero) is 1. The largest absolute Gasteiger partial charge is 0.348 e. The van der Waals surface area contributed by atoms with Gasteiger partial charge in [-0.3, -0.25) is 9.59 Å². The summed E-state index contributed by atoms with van der Waals surface area (Å²) in [5.41, 5.74) is 4.32. The molecule has 0 aliphatic heterocycles. The molecule has 0 fully saturated rings. The van der Waals surface area contributed by atoms with Gasteiger partial charge in [0, 0.05) is 11.9 Å². The number of nitrogens with zero attached hydrogens (tertiary/aromatic N) is 1. The molecule has 0 radical (unpaired) electrons. The maximum atomic E-state index is 12.1. The van der Waals surface area contributed by atoms with Crippen LogP contribution in [0.1, 0.15) is 32.5 Å². The van der Waals surface area contributed by atoms with Gasteiger partial charge < -0.3 is 5.32 Å². The van der Waals surface area contributed by atoms with Crippen LogP contribution >= 0.6 is 22.7 Å². The van der Waals surface area contributed by atoms with Gasteiger partial charge in [-0.05, 0) is 24.6 Å². The average molecular weight is 316 g/mol. The Kier molecular flexibility index (Phi) is 3.81. The van der Waals surface area contributed by atoms with E-state index in [1.165, 1.54) is 18.3 Å². The van der Waals surface area contributed by atoms with Crippen LogP contribution in [-0.2, 0) is 6.54 Å². The minimum Gasteiger partial charge on any atom is -0.348 e. The van der Waals surface area contributed by atoms with Crippen molar-refractivity contribution in [2.45, 2.75) is 13.5 Å². The van der Waals surface area contributed by atoms with E-state index in [9.17, 15) is 9.59 Å². The van der Waals surface area contributed by atoms with Crippen LogP contribution in [-0.4, -0.2) is 16.7 Å². The lowest BCUT2D eigenvalue weighted by Gasteiger charge is -2.04. The minimum absolute atomic E-state index is 0.0199. The molecule has 0 saturated carbocycles. The van der Waals surface area contributed by atoms with Gasteiger partial charge in [0.05, 0.1) is 26.2 Å². The number of carbonyl (C=O) groups excluding carboxylic acids is 2. The van der Waals surface area contributed by atoms with Crippen LogP contribution in [0, 0.1) is 0 Å². The van der Waals surface area contributed by atoms with Gasteiger partial charge in [-0.15, -0.1) is 22.7 Å². The molecule has 21 heavy (non-hydrogen) atoms. The van der Waals surface area contributed by atoms with Gasteiger partial charge in [0.25, 0.3) is 5.91 Å². The summed E-state index contributed by atoms with van der Waals surface area (Å²) in [5.74, 6) is -0.186. The third kappa shape index (κ3) is 2.86. The molecule has 2 heterocycles. The second-order valence-electron chi connectivity index (χ2n) is 4.56. The Balaban J connectivity index is 1.73. The van der Waals surface area contributed by atoms with Crippen molar-refractivity contribution in [3.63, 3.8) is 0 Å². The zero-order valence-electron chi connectivity index (χ0n) is 11.3. The molecule has 4 nitrogen and oxygen atoms in total. The molecule has 0 aliphatic carbocycles. The summed E-state index contributed by atoms with van der Waals surface area (Å²) >= 11 is 2.86. The van der Waals surface area contributed by atoms with Crippen LogP contribution in [0.15, 0.2) is 35.2 Å². The van der Waals surface area contributed by atoms with E-state index in [-0.39, 0.29) is 11.7 Å². The minimum atomic E-state index is -0.166.